The van der Waals surface area contributed by atoms with Crippen LogP contribution in [-0.2, 0) is 4.79 Å². The van der Waals surface area contributed by atoms with Gasteiger partial charge in [-0.25, -0.2) is 0 Å². The lowest BCUT2D eigenvalue weighted by atomic mass is 9.73. The highest BCUT2D eigenvalue weighted by atomic mass is 16.2. The van der Waals surface area contributed by atoms with Gasteiger partial charge in [0, 0.05) is 13.1 Å². The van der Waals surface area contributed by atoms with Gasteiger partial charge < -0.3 is 10.6 Å². The third kappa shape index (κ3) is 1.99. The molecule has 0 aromatic rings. The van der Waals surface area contributed by atoms with Crippen LogP contribution in [0.5, 0.6) is 0 Å². The predicted octanol–water partition coefficient (Wildman–Crippen LogP) is 1.91. The lowest BCUT2D eigenvalue weighted by Crippen LogP contribution is -2.61. The molecular weight excluding hydrogens is 212 g/mol. The van der Waals surface area contributed by atoms with Gasteiger partial charge in [-0.15, -0.1) is 0 Å². The monoisotopic (exact) mass is 236 g/mol. The van der Waals surface area contributed by atoms with E-state index >= 15 is 0 Å². The standard InChI is InChI=1S/C14H24N2O/c15-14(7-3-8-14)13(17)16-9-6-11-4-1-2-5-12(11)10-16/h11-12H,1-10,15H2. The molecule has 2 aliphatic carbocycles. The van der Waals surface area contributed by atoms with Crippen molar-refractivity contribution in [3.63, 3.8) is 0 Å². The fourth-order valence-electron chi connectivity index (χ4n) is 3.87. The molecule has 1 amide bonds. The second kappa shape index (κ2) is 4.27. The molecule has 3 fully saturated rings. The lowest BCUT2D eigenvalue weighted by molar-refractivity contribution is -0.143. The highest BCUT2D eigenvalue weighted by Gasteiger charge is 2.44. The third-order valence-electron chi connectivity index (χ3n) is 5.25. The maximum absolute atomic E-state index is 12.4. The largest absolute Gasteiger partial charge is 0.341 e. The summed E-state index contributed by atoms with van der Waals surface area (Å²) in [5, 5.41) is 0. The molecule has 0 bridgehead atoms. The molecule has 0 aromatic heterocycles. The Morgan fingerprint density at radius 2 is 1.76 bits per heavy atom. The Morgan fingerprint density at radius 1 is 1.06 bits per heavy atom. The molecule has 2 saturated carbocycles. The number of hydrogen-bond acceptors (Lipinski definition) is 2. The summed E-state index contributed by atoms with van der Waals surface area (Å²) >= 11 is 0. The Labute approximate surface area is 104 Å². The number of hydrogen-bond donors (Lipinski definition) is 1. The Morgan fingerprint density at radius 3 is 2.41 bits per heavy atom. The quantitative estimate of drug-likeness (QED) is 0.756. The van der Waals surface area contributed by atoms with Crippen molar-refractivity contribution in [3.05, 3.63) is 0 Å². The molecular formula is C14H24N2O. The van der Waals surface area contributed by atoms with Crippen LogP contribution in [0.25, 0.3) is 0 Å². The van der Waals surface area contributed by atoms with E-state index in [9.17, 15) is 4.79 Å². The molecule has 2 unspecified atom stereocenters. The van der Waals surface area contributed by atoms with E-state index in [1.807, 2.05) is 0 Å². The minimum absolute atomic E-state index is 0.243. The fraction of sp³-hybridized carbons (Fsp3) is 0.929. The Kier molecular flexibility index (Phi) is 2.89. The zero-order valence-corrected chi connectivity index (χ0v) is 10.7. The van der Waals surface area contributed by atoms with E-state index in [2.05, 4.69) is 4.90 Å². The van der Waals surface area contributed by atoms with Crippen molar-refractivity contribution in [2.75, 3.05) is 13.1 Å². The van der Waals surface area contributed by atoms with Gasteiger partial charge in [0.2, 0.25) is 5.91 Å². The minimum atomic E-state index is -0.485. The number of nitrogens with two attached hydrogens (primary N) is 1. The summed E-state index contributed by atoms with van der Waals surface area (Å²) in [5.74, 6) is 1.90. The van der Waals surface area contributed by atoms with Crippen LogP contribution in [0.3, 0.4) is 0 Å². The summed E-state index contributed by atoms with van der Waals surface area (Å²) < 4.78 is 0. The van der Waals surface area contributed by atoms with Crippen LogP contribution in [0.2, 0.25) is 0 Å². The number of likely N-dealkylation sites (tertiary alicyclic amines) is 1. The van der Waals surface area contributed by atoms with E-state index in [-0.39, 0.29) is 5.91 Å². The molecule has 3 aliphatic rings. The zero-order valence-electron chi connectivity index (χ0n) is 10.7. The molecule has 3 rings (SSSR count). The average Bonchev–Trinajstić information content (AvgIpc) is 2.34. The van der Waals surface area contributed by atoms with Crippen LogP contribution in [-0.4, -0.2) is 29.4 Å². The molecule has 0 radical (unpaired) electrons. The summed E-state index contributed by atoms with van der Waals surface area (Å²) in [6, 6.07) is 0. The maximum Gasteiger partial charge on any atom is 0.242 e. The second-order valence-corrected chi connectivity index (χ2v) is 6.35. The number of carbonyl (C=O) groups excluding carboxylic acids is 1. The average molecular weight is 236 g/mol. The van der Waals surface area contributed by atoms with Gasteiger partial charge in [-0.1, -0.05) is 19.3 Å². The van der Waals surface area contributed by atoms with Gasteiger partial charge >= 0.3 is 0 Å². The summed E-state index contributed by atoms with van der Waals surface area (Å²) in [7, 11) is 0. The van der Waals surface area contributed by atoms with E-state index < -0.39 is 5.54 Å². The first-order valence-electron chi connectivity index (χ1n) is 7.27. The van der Waals surface area contributed by atoms with Gasteiger partial charge in [0.25, 0.3) is 0 Å². The number of fused-ring (bicyclic) bond motifs is 1. The molecule has 3 nitrogen and oxygen atoms in total. The van der Waals surface area contributed by atoms with Gasteiger partial charge in [0.15, 0.2) is 0 Å². The molecule has 3 heteroatoms. The molecule has 0 spiro atoms. The van der Waals surface area contributed by atoms with Crippen molar-refractivity contribution in [2.45, 2.75) is 56.9 Å². The number of nitrogens with zero attached hydrogens (tertiary/aromatic N) is 1. The van der Waals surface area contributed by atoms with Gasteiger partial charge in [-0.05, 0) is 43.9 Å². The number of carbonyl (C=O) groups is 1. The van der Waals surface area contributed by atoms with Crippen LogP contribution >= 0.6 is 0 Å². The van der Waals surface area contributed by atoms with Crippen molar-refractivity contribution in [1.29, 1.82) is 0 Å². The van der Waals surface area contributed by atoms with Crippen LogP contribution < -0.4 is 5.73 Å². The SMILES string of the molecule is NC1(C(=O)N2CCC3CCCCC3C2)CCC1. The topological polar surface area (TPSA) is 46.3 Å². The van der Waals surface area contributed by atoms with Gasteiger partial charge in [-0.3, -0.25) is 4.79 Å². The van der Waals surface area contributed by atoms with Crippen molar-refractivity contribution >= 4 is 5.91 Å². The van der Waals surface area contributed by atoms with Gasteiger partial charge in [0.05, 0.1) is 5.54 Å². The second-order valence-electron chi connectivity index (χ2n) is 6.35. The molecule has 0 aromatic carbocycles. The maximum atomic E-state index is 12.4. The van der Waals surface area contributed by atoms with Crippen molar-refractivity contribution < 1.29 is 4.79 Å². The summed E-state index contributed by atoms with van der Waals surface area (Å²) in [6.07, 6.45) is 9.61. The molecule has 17 heavy (non-hydrogen) atoms. The Hall–Kier alpha value is -0.570. The number of amides is 1. The van der Waals surface area contributed by atoms with Crippen molar-refractivity contribution in [3.8, 4) is 0 Å². The van der Waals surface area contributed by atoms with E-state index in [1.54, 1.807) is 0 Å². The first-order chi connectivity index (χ1) is 8.19. The molecule has 2 atom stereocenters. The van der Waals surface area contributed by atoms with Gasteiger partial charge in [-0.2, -0.15) is 0 Å². The van der Waals surface area contributed by atoms with Crippen molar-refractivity contribution in [2.24, 2.45) is 17.6 Å². The van der Waals surface area contributed by atoms with E-state index in [4.69, 9.17) is 5.73 Å². The van der Waals surface area contributed by atoms with Crippen molar-refractivity contribution in [1.82, 2.24) is 4.90 Å². The van der Waals surface area contributed by atoms with Gasteiger partial charge in [0.1, 0.15) is 0 Å². The van der Waals surface area contributed by atoms with E-state index in [0.717, 1.165) is 44.2 Å². The van der Waals surface area contributed by atoms with Crippen LogP contribution in [0, 0.1) is 11.8 Å². The highest BCUT2D eigenvalue weighted by Crippen LogP contribution is 2.38. The first-order valence-corrected chi connectivity index (χ1v) is 7.27. The third-order valence-corrected chi connectivity index (χ3v) is 5.25. The first kappa shape index (κ1) is 11.5. The van der Waals surface area contributed by atoms with Crippen LogP contribution in [0.4, 0.5) is 0 Å². The zero-order chi connectivity index (χ0) is 11.9. The lowest BCUT2D eigenvalue weighted by Gasteiger charge is -2.46. The Balaban J connectivity index is 1.63. The predicted molar refractivity (Wildman–Crippen MR) is 67.4 cm³/mol. The summed E-state index contributed by atoms with van der Waals surface area (Å²) in [5.41, 5.74) is 5.67. The Bertz CT molecular complexity index is 311. The van der Waals surface area contributed by atoms with Crippen LogP contribution in [0.15, 0.2) is 0 Å². The molecule has 1 heterocycles. The summed E-state index contributed by atoms with van der Waals surface area (Å²) in [4.78, 5) is 14.5. The highest BCUT2D eigenvalue weighted by molar-refractivity contribution is 5.87. The minimum Gasteiger partial charge on any atom is -0.341 e. The summed E-state index contributed by atoms with van der Waals surface area (Å²) in [6.45, 7) is 1.95. The van der Waals surface area contributed by atoms with E-state index in [1.165, 1.54) is 32.1 Å². The normalized spacial score (nSPS) is 35.9. The van der Waals surface area contributed by atoms with E-state index in [0.29, 0.717) is 0 Å². The smallest absolute Gasteiger partial charge is 0.242 e. The molecule has 1 aliphatic heterocycles. The fourth-order valence-corrected chi connectivity index (χ4v) is 3.87. The number of rotatable bonds is 1. The molecule has 2 N–H and O–H groups in total. The van der Waals surface area contributed by atoms with Crippen LogP contribution in [0.1, 0.15) is 51.4 Å². The molecule has 96 valence electrons. The molecule has 1 saturated heterocycles. The number of piperidine rings is 1.